The molecule has 1 amide bonds. The van der Waals surface area contributed by atoms with Gasteiger partial charge in [-0.05, 0) is 24.8 Å². The van der Waals surface area contributed by atoms with Crippen LogP contribution in [-0.2, 0) is 16.1 Å². The minimum atomic E-state index is -0.676. The van der Waals surface area contributed by atoms with Gasteiger partial charge < -0.3 is 20.5 Å². The zero-order valence-corrected chi connectivity index (χ0v) is 13.9. The lowest BCUT2D eigenvalue weighted by Crippen LogP contribution is -2.42. The maximum Gasteiger partial charge on any atom is 0.225 e. The summed E-state index contributed by atoms with van der Waals surface area (Å²) in [5, 5.41) is 10.1. The van der Waals surface area contributed by atoms with Crippen LogP contribution in [0.15, 0.2) is 30.3 Å². The van der Waals surface area contributed by atoms with Crippen LogP contribution in [0.3, 0.4) is 0 Å². The second-order valence-corrected chi connectivity index (χ2v) is 6.50. The maximum atomic E-state index is 12.4. The van der Waals surface area contributed by atoms with Gasteiger partial charge in [0.25, 0.3) is 0 Å². The summed E-state index contributed by atoms with van der Waals surface area (Å²) in [7, 11) is 1.74. The van der Waals surface area contributed by atoms with E-state index in [1.807, 2.05) is 30.3 Å². The topological polar surface area (TPSA) is 75.8 Å². The molecule has 0 saturated heterocycles. The van der Waals surface area contributed by atoms with Crippen LogP contribution in [-0.4, -0.2) is 48.3 Å². The Kier molecular flexibility index (Phi) is 7.02. The first-order valence-electron chi connectivity index (χ1n) is 8.36. The van der Waals surface area contributed by atoms with Gasteiger partial charge in [0.05, 0.1) is 19.3 Å². The number of rotatable bonds is 7. The van der Waals surface area contributed by atoms with Gasteiger partial charge >= 0.3 is 0 Å². The van der Waals surface area contributed by atoms with E-state index in [1.54, 1.807) is 11.9 Å². The zero-order chi connectivity index (χ0) is 16.7. The summed E-state index contributed by atoms with van der Waals surface area (Å²) in [6.07, 6.45) is 2.99. The fourth-order valence-corrected chi connectivity index (χ4v) is 3.11. The smallest absolute Gasteiger partial charge is 0.225 e. The third-order valence-corrected chi connectivity index (χ3v) is 4.35. The van der Waals surface area contributed by atoms with Gasteiger partial charge in [-0.15, -0.1) is 0 Å². The van der Waals surface area contributed by atoms with Crippen molar-refractivity contribution in [1.82, 2.24) is 4.90 Å². The van der Waals surface area contributed by atoms with E-state index in [1.165, 1.54) is 0 Å². The Morgan fingerprint density at radius 2 is 2.13 bits per heavy atom. The van der Waals surface area contributed by atoms with Crippen LogP contribution in [0.2, 0.25) is 0 Å². The molecular formula is C18H28N2O3. The van der Waals surface area contributed by atoms with Crippen molar-refractivity contribution in [2.24, 2.45) is 11.7 Å². The lowest BCUT2D eigenvalue weighted by atomic mass is 9.85. The molecule has 3 unspecified atom stereocenters. The van der Waals surface area contributed by atoms with Crippen molar-refractivity contribution >= 4 is 5.91 Å². The van der Waals surface area contributed by atoms with Gasteiger partial charge in [0.2, 0.25) is 5.91 Å². The number of benzene rings is 1. The summed E-state index contributed by atoms with van der Waals surface area (Å²) >= 11 is 0. The number of aliphatic hydroxyl groups is 1. The summed E-state index contributed by atoms with van der Waals surface area (Å²) in [4.78, 5) is 14.0. The number of ether oxygens (including phenoxy) is 1. The first-order valence-corrected chi connectivity index (χ1v) is 8.36. The molecule has 0 aromatic heterocycles. The van der Waals surface area contributed by atoms with Crippen LogP contribution in [0.1, 0.15) is 31.2 Å². The zero-order valence-electron chi connectivity index (χ0n) is 13.9. The first-order chi connectivity index (χ1) is 11.1. The molecule has 2 rings (SSSR count). The summed E-state index contributed by atoms with van der Waals surface area (Å²) in [6.45, 7) is 0.975. The molecule has 0 bridgehead atoms. The summed E-state index contributed by atoms with van der Waals surface area (Å²) in [5.74, 6) is 0.0865. The molecule has 3 atom stereocenters. The molecule has 5 heteroatoms. The number of nitrogens with two attached hydrogens (primary N) is 1. The van der Waals surface area contributed by atoms with E-state index in [9.17, 15) is 9.90 Å². The summed E-state index contributed by atoms with van der Waals surface area (Å²) in [6, 6.07) is 9.95. The summed E-state index contributed by atoms with van der Waals surface area (Å²) in [5.41, 5.74) is 7.01. The highest BCUT2D eigenvalue weighted by Crippen LogP contribution is 2.24. The molecule has 0 radical (unpaired) electrons. The lowest BCUT2D eigenvalue weighted by Gasteiger charge is -2.30. The highest BCUT2D eigenvalue weighted by atomic mass is 16.5. The minimum absolute atomic E-state index is 0.00110. The second-order valence-electron chi connectivity index (χ2n) is 6.50. The van der Waals surface area contributed by atoms with Crippen molar-refractivity contribution in [3.63, 3.8) is 0 Å². The summed E-state index contributed by atoms with van der Waals surface area (Å²) < 4.78 is 5.52. The first kappa shape index (κ1) is 17.9. The standard InChI is InChI=1S/C18H28N2O3/c1-20(18(22)15-8-5-9-16(19)10-15)11-17(21)13-23-12-14-6-3-2-4-7-14/h2-4,6-7,15-17,21H,5,8-13,19H2,1H3. The predicted molar refractivity (Wildman–Crippen MR) is 89.7 cm³/mol. The largest absolute Gasteiger partial charge is 0.389 e. The molecule has 0 heterocycles. The van der Waals surface area contributed by atoms with Crippen molar-refractivity contribution < 1.29 is 14.6 Å². The molecule has 1 aromatic rings. The van der Waals surface area contributed by atoms with Crippen molar-refractivity contribution in [2.45, 2.75) is 44.4 Å². The monoisotopic (exact) mass is 320 g/mol. The number of amides is 1. The van der Waals surface area contributed by atoms with Gasteiger partial charge in [0.1, 0.15) is 0 Å². The van der Waals surface area contributed by atoms with Crippen LogP contribution in [0.25, 0.3) is 0 Å². The van der Waals surface area contributed by atoms with Crippen molar-refractivity contribution in [1.29, 1.82) is 0 Å². The van der Waals surface area contributed by atoms with E-state index >= 15 is 0 Å². The maximum absolute atomic E-state index is 12.4. The Hall–Kier alpha value is -1.43. The third kappa shape index (κ3) is 5.94. The van der Waals surface area contributed by atoms with Gasteiger partial charge in [-0.1, -0.05) is 36.8 Å². The van der Waals surface area contributed by atoms with Gasteiger partial charge in [0, 0.05) is 25.6 Å². The van der Waals surface area contributed by atoms with Crippen LogP contribution >= 0.6 is 0 Å². The number of carbonyl (C=O) groups excluding carboxylic acids is 1. The Morgan fingerprint density at radius 1 is 1.39 bits per heavy atom. The predicted octanol–water partition coefficient (Wildman–Crippen LogP) is 1.54. The molecule has 0 spiro atoms. The van der Waals surface area contributed by atoms with E-state index < -0.39 is 6.10 Å². The molecule has 1 fully saturated rings. The molecule has 1 aliphatic rings. The van der Waals surface area contributed by atoms with Crippen molar-refractivity contribution in [2.75, 3.05) is 20.2 Å². The number of hydrogen-bond donors (Lipinski definition) is 2. The van der Waals surface area contributed by atoms with Gasteiger partial charge in [-0.25, -0.2) is 0 Å². The number of carbonyl (C=O) groups is 1. The van der Waals surface area contributed by atoms with E-state index in [4.69, 9.17) is 10.5 Å². The Balaban J connectivity index is 1.69. The molecule has 5 nitrogen and oxygen atoms in total. The molecular weight excluding hydrogens is 292 g/mol. The third-order valence-electron chi connectivity index (χ3n) is 4.35. The van der Waals surface area contributed by atoms with E-state index in [0.29, 0.717) is 13.2 Å². The fraction of sp³-hybridized carbons (Fsp3) is 0.611. The quantitative estimate of drug-likeness (QED) is 0.799. The molecule has 23 heavy (non-hydrogen) atoms. The second kappa shape index (κ2) is 9.01. The number of likely N-dealkylation sites (N-methyl/N-ethyl adjacent to an activating group) is 1. The number of aliphatic hydroxyl groups excluding tert-OH is 1. The molecule has 128 valence electrons. The van der Waals surface area contributed by atoms with Crippen molar-refractivity contribution in [3.8, 4) is 0 Å². The van der Waals surface area contributed by atoms with Gasteiger partial charge in [-0.3, -0.25) is 4.79 Å². The normalized spacial score (nSPS) is 22.6. The Bertz CT molecular complexity index is 480. The van der Waals surface area contributed by atoms with E-state index in [2.05, 4.69) is 0 Å². The molecule has 1 aliphatic carbocycles. The van der Waals surface area contributed by atoms with Gasteiger partial charge in [0.15, 0.2) is 0 Å². The van der Waals surface area contributed by atoms with Crippen LogP contribution in [0, 0.1) is 5.92 Å². The SMILES string of the molecule is CN(CC(O)COCc1ccccc1)C(=O)C1CCCC(N)C1. The van der Waals surface area contributed by atoms with Crippen LogP contribution in [0.4, 0.5) is 0 Å². The Labute approximate surface area is 138 Å². The minimum Gasteiger partial charge on any atom is -0.389 e. The van der Waals surface area contributed by atoms with Crippen LogP contribution < -0.4 is 5.73 Å². The average Bonchev–Trinajstić information content (AvgIpc) is 2.55. The number of nitrogens with zero attached hydrogens (tertiary/aromatic N) is 1. The van der Waals surface area contributed by atoms with Crippen LogP contribution in [0.5, 0.6) is 0 Å². The van der Waals surface area contributed by atoms with Crippen molar-refractivity contribution in [3.05, 3.63) is 35.9 Å². The highest BCUT2D eigenvalue weighted by molar-refractivity contribution is 5.78. The fourth-order valence-electron chi connectivity index (χ4n) is 3.11. The highest BCUT2D eigenvalue weighted by Gasteiger charge is 2.28. The molecule has 3 N–H and O–H groups in total. The average molecular weight is 320 g/mol. The Morgan fingerprint density at radius 3 is 2.83 bits per heavy atom. The lowest BCUT2D eigenvalue weighted by molar-refractivity contribution is -0.137. The molecule has 1 aromatic carbocycles. The van der Waals surface area contributed by atoms with Gasteiger partial charge in [-0.2, -0.15) is 0 Å². The molecule has 1 saturated carbocycles. The number of hydrogen-bond acceptors (Lipinski definition) is 4. The van der Waals surface area contributed by atoms with E-state index in [-0.39, 0.29) is 24.5 Å². The van der Waals surface area contributed by atoms with E-state index in [0.717, 1.165) is 31.2 Å². The molecule has 0 aliphatic heterocycles.